The molecule has 0 saturated carbocycles. The first-order chi connectivity index (χ1) is 14.2. The molecule has 0 aliphatic heterocycles. The van der Waals surface area contributed by atoms with Crippen LogP contribution in [-0.2, 0) is 9.84 Å². The summed E-state index contributed by atoms with van der Waals surface area (Å²) in [6.45, 7) is 0.325. The Labute approximate surface area is 174 Å². The lowest BCUT2D eigenvalue weighted by Gasteiger charge is -2.18. The Bertz CT molecular complexity index is 1070. The lowest BCUT2D eigenvalue weighted by Crippen LogP contribution is -2.26. The molecule has 3 rings (SSSR count). The molecule has 0 unspecified atom stereocenters. The van der Waals surface area contributed by atoms with Crippen LogP contribution in [0.1, 0.15) is 33.8 Å². The molecule has 1 amide bonds. The van der Waals surface area contributed by atoms with E-state index in [1.54, 1.807) is 24.3 Å². The van der Waals surface area contributed by atoms with E-state index in [2.05, 4.69) is 5.32 Å². The number of benzene rings is 3. The van der Waals surface area contributed by atoms with Gasteiger partial charge in [-0.2, -0.15) is 0 Å². The van der Waals surface area contributed by atoms with Gasteiger partial charge in [0, 0.05) is 24.3 Å². The minimum Gasteiger partial charge on any atom is -0.352 e. The minimum atomic E-state index is -3.33. The minimum absolute atomic E-state index is 0.145. The van der Waals surface area contributed by atoms with E-state index in [1.165, 1.54) is 48.5 Å². The molecule has 30 heavy (non-hydrogen) atoms. The molecule has 0 aliphatic rings. The Kier molecular flexibility index (Phi) is 6.62. The van der Waals surface area contributed by atoms with Crippen molar-refractivity contribution in [3.63, 3.8) is 0 Å². The zero-order chi connectivity index (χ0) is 21.7. The topological polar surface area (TPSA) is 63.2 Å². The first-order valence-electron chi connectivity index (χ1n) is 9.33. The second kappa shape index (κ2) is 9.17. The van der Waals surface area contributed by atoms with Crippen LogP contribution >= 0.6 is 0 Å². The number of rotatable bonds is 7. The molecule has 0 bridgehead atoms. The van der Waals surface area contributed by atoms with Gasteiger partial charge in [-0.05, 0) is 66.1 Å². The lowest BCUT2D eigenvalue weighted by atomic mass is 9.88. The van der Waals surface area contributed by atoms with Gasteiger partial charge in [-0.15, -0.1) is 0 Å². The van der Waals surface area contributed by atoms with E-state index < -0.39 is 9.84 Å². The number of hydrogen-bond acceptors (Lipinski definition) is 3. The van der Waals surface area contributed by atoms with E-state index in [1.807, 2.05) is 0 Å². The SMILES string of the molecule is CS(=O)(=O)c1ccc(C(=O)NCCC(c2ccc(F)cc2)c2ccc(F)cc2)cc1. The monoisotopic (exact) mass is 429 g/mol. The molecule has 0 aromatic heterocycles. The summed E-state index contributed by atoms with van der Waals surface area (Å²) in [5.41, 5.74) is 2.06. The van der Waals surface area contributed by atoms with E-state index in [0.29, 0.717) is 18.5 Å². The molecule has 0 atom stereocenters. The normalized spacial score (nSPS) is 11.5. The Hall–Kier alpha value is -3.06. The molecule has 1 N–H and O–H groups in total. The third-order valence-corrected chi connectivity index (χ3v) is 5.94. The summed E-state index contributed by atoms with van der Waals surface area (Å²) >= 11 is 0. The van der Waals surface area contributed by atoms with Crippen LogP contribution in [0.3, 0.4) is 0 Å². The summed E-state index contributed by atoms with van der Waals surface area (Å²) in [5.74, 6) is -1.17. The van der Waals surface area contributed by atoms with E-state index in [4.69, 9.17) is 0 Å². The summed E-state index contributed by atoms with van der Waals surface area (Å²) in [6, 6.07) is 17.9. The van der Waals surface area contributed by atoms with Crippen LogP contribution in [0.25, 0.3) is 0 Å². The number of nitrogens with one attached hydrogen (secondary N) is 1. The first kappa shape index (κ1) is 21.6. The molecule has 156 valence electrons. The number of halogens is 2. The summed E-state index contributed by atoms with van der Waals surface area (Å²) in [7, 11) is -3.33. The number of hydrogen-bond donors (Lipinski definition) is 1. The number of carbonyl (C=O) groups is 1. The Morgan fingerprint density at radius 3 is 1.73 bits per heavy atom. The fraction of sp³-hybridized carbons (Fsp3) is 0.174. The van der Waals surface area contributed by atoms with Crippen LogP contribution in [0.5, 0.6) is 0 Å². The van der Waals surface area contributed by atoms with E-state index >= 15 is 0 Å². The second-order valence-electron chi connectivity index (χ2n) is 7.00. The van der Waals surface area contributed by atoms with Gasteiger partial charge in [0.05, 0.1) is 4.90 Å². The first-order valence-corrected chi connectivity index (χ1v) is 11.2. The van der Waals surface area contributed by atoms with Gasteiger partial charge in [0.25, 0.3) is 5.91 Å². The second-order valence-corrected chi connectivity index (χ2v) is 9.01. The molecular weight excluding hydrogens is 408 g/mol. The van der Waals surface area contributed by atoms with Crippen LogP contribution in [0.15, 0.2) is 77.7 Å². The molecule has 3 aromatic carbocycles. The van der Waals surface area contributed by atoms with Crippen LogP contribution in [0.2, 0.25) is 0 Å². The summed E-state index contributed by atoms with van der Waals surface area (Å²) < 4.78 is 49.7. The van der Waals surface area contributed by atoms with Gasteiger partial charge in [-0.3, -0.25) is 4.79 Å². The fourth-order valence-corrected chi connectivity index (χ4v) is 3.83. The molecule has 0 heterocycles. The fourth-order valence-electron chi connectivity index (χ4n) is 3.20. The van der Waals surface area contributed by atoms with Crippen molar-refractivity contribution in [3.05, 3.63) is 101 Å². The maximum Gasteiger partial charge on any atom is 0.251 e. The van der Waals surface area contributed by atoms with E-state index in [0.717, 1.165) is 17.4 Å². The van der Waals surface area contributed by atoms with Gasteiger partial charge in [-0.1, -0.05) is 24.3 Å². The quantitative estimate of drug-likeness (QED) is 0.608. The number of carbonyl (C=O) groups excluding carboxylic acids is 1. The molecule has 0 spiro atoms. The predicted molar refractivity (Wildman–Crippen MR) is 111 cm³/mol. The Morgan fingerprint density at radius 2 is 1.30 bits per heavy atom. The van der Waals surface area contributed by atoms with Gasteiger partial charge in [0.1, 0.15) is 11.6 Å². The van der Waals surface area contributed by atoms with E-state index in [-0.39, 0.29) is 28.4 Å². The molecule has 0 fully saturated rings. The average molecular weight is 429 g/mol. The smallest absolute Gasteiger partial charge is 0.251 e. The highest BCUT2D eigenvalue weighted by atomic mass is 32.2. The van der Waals surface area contributed by atoms with Crippen molar-refractivity contribution in [1.82, 2.24) is 5.32 Å². The third kappa shape index (κ3) is 5.51. The Morgan fingerprint density at radius 1 is 0.833 bits per heavy atom. The summed E-state index contributed by atoms with van der Waals surface area (Å²) in [4.78, 5) is 12.5. The highest BCUT2D eigenvalue weighted by Crippen LogP contribution is 2.28. The predicted octanol–water partition coefficient (Wildman–Crippen LogP) is 4.32. The maximum absolute atomic E-state index is 13.3. The van der Waals surface area contributed by atoms with Crippen molar-refractivity contribution >= 4 is 15.7 Å². The largest absolute Gasteiger partial charge is 0.352 e. The standard InChI is InChI=1S/C23H21F2NO3S/c1-30(28,29)21-12-6-18(7-13-21)23(27)26-15-14-22(16-2-8-19(24)9-3-16)17-4-10-20(25)11-5-17/h2-13,22H,14-15H2,1H3,(H,26,27). The van der Waals surface area contributed by atoms with Crippen LogP contribution in [0, 0.1) is 11.6 Å². The van der Waals surface area contributed by atoms with Crippen LogP contribution < -0.4 is 5.32 Å². The van der Waals surface area contributed by atoms with Crippen molar-refractivity contribution in [1.29, 1.82) is 0 Å². The van der Waals surface area contributed by atoms with Crippen molar-refractivity contribution in [2.24, 2.45) is 0 Å². The lowest BCUT2D eigenvalue weighted by molar-refractivity contribution is 0.0952. The number of sulfone groups is 1. The van der Waals surface area contributed by atoms with Crippen LogP contribution in [-0.4, -0.2) is 27.1 Å². The van der Waals surface area contributed by atoms with Crippen molar-refractivity contribution in [3.8, 4) is 0 Å². The zero-order valence-electron chi connectivity index (χ0n) is 16.3. The molecular formula is C23H21F2NO3S. The van der Waals surface area contributed by atoms with Crippen molar-refractivity contribution in [2.45, 2.75) is 17.2 Å². The van der Waals surface area contributed by atoms with Crippen LogP contribution in [0.4, 0.5) is 8.78 Å². The van der Waals surface area contributed by atoms with Gasteiger partial charge in [0.15, 0.2) is 9.84 Å². The summed E-state index contributed by atoms with van der Waals surface area (Å²) in [5, 5.41) is 2.81. The van der Waals surface area contributed by atoms with Crippen molar-refractivity contribution in [2.75, 3.05) is 12.8 Å². The highest BCUT2D eigenvalue weighted by molar-refractivity contribution is 7.90. The zero-order valence-corrected chi connectivity index (χ0v) is 17.1. The van der Waals surface area contributed by atoms with Gasteiger partial charge in [0.2, 0.25) is 0 Å². The maximum atomic E-state index is 13.3. The number of amides is 1. The van der Waals surface area contributed by atoms with Gasteiger partial charge < -0.3 is 5.32 Å². The summed E-state index contributed by atoms with van der Waals surface area (Å²) in [6.07, 6.45) is 1.62. The molecule has 0 aliphatic carbocycles. The van der Waals surface area contributed by atoms with Gasteiger partial charge in [-0.25, -0.2) is 17.2 Å². The molecule has 3 aromatic rings. The molecule has 0 radical (unpaired) electrons. The Balaban J connectivity index is 1.70. The average Bonchev–Trinajstić information content (AvgIpc) is 2.72. The third-order valence-electron chi connectivity index (χ3n) is 4.81. The molecule has 7 heteroatoms. The van der Waals surface area contributed by atoms with Crippen molar-refractivity contribution < 1.29 is 22.0 Å². The molecule has 0 saturated heterocycles. The van der Waals surface area contributed by atoms with E-state index in [9.17, 15) is 22.0 Å². The van der Waals surface area contributed by atoms with Gasteiger partial charge >= 0.3 is 0 Å². The highest BCUT2D eigenvalue weighted by Gasteiger charge is 2.16. The molecule has 4 nitrogen and oxygen atoms in total.